The molecule has 3 N–H and O–H groups in total. The van der Waals surface area contributed by atoms with Crippen LogP contribution in [-0.2, 0) is 10.2 Å². The van der Waals surface area contributed by atoms with Crippen molar-refractivity contribution in [3.63, 3.8) is 0 Å². The Bertz CT molecular complexity index is 860. The number of pyridine rings is 1. The van der Waals surface area contributed by atoms with Crippen molar-refractivity contribution in [1.82, 2.24) is 4.98 Å². The van der Waals surface area contributed by atoms with Crippen molar-refractivity contribution in [3.8, 4) is 0 Å². The van der Waals surface area contributed by atoms with Gasteiger partial charge in [-0.2, -0.15) is 4.99 Å². The minimum atomic E-state index is -0.913. The second kappa shape index (κ2) is 6.80. The number of amidine groups is 1. The molecule has 0 saturated heterocycles. The SMILES string of the molecule is NC(/C=C\Nc1cncc(F)c1)=NC(=O)C1(c2ccccc2F)CC1. The van der Waals surface area contributed by atoms with Crippen molar-refractivity contribution in [2.24, 2.45) is 10.7 Å². The minimum absolute atomic E-state index is 0.0236. The monoisotopic (exact) mass is 342 g/mol. The quantitative estimate of drug-likeness (QED) is 0.647. The van der Waals surface area contributed by atoms with Crippen LogP contribution < -0.4 is 11.1 Å². The minimum Gasteiger partial charge on any atom is -0.384 e. The number of amides is 1. The fraction of sp³-hybridized carbons (Fsp3) is 0.167. The van der Waals surface area contributed by atoms with Gasteiger partial charge in [-0.25, -0.2) is 8.78 Å². The zero-order valence-electron chi connectivity index (χ0n) is 13.2. The zero-order valence-corrected chi connectivity index (χ0v) is 13.2. The van der Waals surface area contributed by atoms with Crippen LogP contribution in [0.3, 0.4) is 0 Å². The third-order valence-electron chi connectivity index (χ3n) is 3.99. The van der Waals surface area contributed by atoms with Crippen molar-refractivity contribution < 1.29 is 13.6 Å². The topological polar surface area (TPSA) is 80.4 Å². The van der Waals surface area contributed by atoms with Gasteiger partial charge in [0.1, 0.15) is 17.5 Å². The molecule has 5 nitrogen and oxygen atoms in total. The lowest BCUT2D eigenvalue weighted by atomic mass is 9.94. The Morgan fingerprint density at radius 2 is 2.04 bits per heavy atom. The predicted octanol–water partition coefficient (Wildman–Crippen LogP) is 2.90. The highest BCUT2D eigenvalue weighted by molar-refractivity contribution is 6.04. The maximum Gasteiger partial charge on any atom is 0.258 e. The molecule has 1 saturated carbocycles. The van der Waals surface area contributed by atoms with E-state index in [0.717, 1.165) is 6.20 Å². The molecule has 1 amide bonds. The number of aliphatic imine (C=N–C) groups is 1. The van der Waals surface area contributed by atoms with Gasteiger partial charge in [-0.3, -0.25) is 9.78 Å². The van der Waals surface area contributed by atoms with E-state index in [1.807, 2.05) is 0 Å². The van der Waals surface area contributed by atoms with Crippen LogP contribution in [0, 0.1) is 11.6 Å². The summed E-state index contributed by atoms with van der Waals surface area (Å²) in [5.74, 6) is -1.38. The second-order valence-corrected chi connectivity index (χ2v) is 5.77. The van der Waals surface area contributed by atoms with Gasteiger partial charge < -0.3 is 11.1 Å². The van der Waals surface area contributed by atoms with Crippen LogP contribution in [0.4, 0.5) is 14.5 Å². The summed E-state index contributed by atoms with van der Waals surface area (Å²) < 4.78 is 27.0. The summed E-state index contributed by atoms with van der Waals surface area (Å²) in [5, 5.41) is 2.77. The largest absolute Gasteiger partial charge is 0.384 e. The Kier molecular flexibility index (Phi) is 4.56. The Labute approximate surface area is 143 Å². The fourth-order valence-corrected chi connectivity index (χ4v) is 2.55. The third-order valence-corrected chi connectivity index (χ3v) is 3.99. The molecule has 0 bridgehead atoms. The number of hydrogen-bond acceptors (Lipinski definition) is 3. The smallest absolute Gasteiger partial charge is 0.258 e. The lowest BCUT2D eigenvalue weighted by molar-refractivity contribution is -0.120. The number of benzene rings is 1. The molecular formula is C18H16F2N4O. The van der Waals surface area contributed by atoms with Crippen LogP contribution in [0.15, 0.2) is 60.0 Å². The number of halogens is 2. The van der Waals surface area contributed by atoms with Crippen molar-refractivity contribution in [1.29, 1.82) is 0 Å². The molecule has 1 aromatic carbocycles. The Morgan fingerprint density at radius 3 is 2.72 bits per heavy atom. The molecule has 1 fully saturated rings. The number of aromatic nitrogens is 1. The van der Waals surface area contributed by atoms with Gasteiger partial charge in [0.2, 0.25) is 0 Å². The summed E-state index contributed by atoms with van der Waals surface area (Å²) in [5.41, 5.74) is 5.60. The van der Waals surface area contributed by atoms with E-state index < -0.39 is 23.0 Å². The van der Waals surface area contributed by atoms with Gasteiger partial charge in [-0.15, -0.1) is 0 Å². The van der Waals surface area contributed by atoms with Gasteiger partial charge >= 0.3 is 0 Å². The van der Waals surface area contributed by atoms with E-state index in [1.165, 1.54) is 30.6 Å². The second-order valence-electron chi connectivity index (χ2n) is 5.77. The van der Waals surface area contributed by atoms with Crippen LogP contribution in [0.25, 0.3) is 0 Å². The molecule has 0 unspecified atom stereocenters. The van der Waals surface area contributed by atoms with Crippen LogP contribution in [0.2, 0.25) is 0 Å². The van der Waals surface area contributed by atoms with E-state index in [2.05, 4.69) is 15.3 Å². The third kappa shape index (κ3) is 3.71. The Balaban J connectivity index is 1.69. The summed E-state index contributed by atoms with van der Waals surface area (Å²) in [4.78, 5) is 20.0. The number of carbonyl (C=O) groups excluding carboxylic acids is 1. The van der Waals surface area contributed by atoms with E-state index in [-0.39, 0.29) is 5.84 Å². The van der Waals surface area contributed by atoms with E-state index in [4.69, 9.17) is 5.73 Å². The number of hydrogen-bond donors (Lipinski definition) is 2. The van der Waals surface area contributed by atoms with Crippen LogP contribution in [0.1, 0.15) is 18.4 Å². The van der Waals surface area contributed by atoms with Crippen molar-refractivity contribution in [3.05, 3.63) is 72.2 Å². The first-order chi connectivity index (χ1) is 12.0. The molecular weight excluding hydrogens is 326 g/mol. The Hall–Kier alpha value is -3.09. The molecule has 2 aromatic rings. The summed E-state index contributed by atoms with van der Waals surface area (Å²) in [6.45, 7) is 0. The summed E-state index contributed by atoms with van der Waals surface area (Å²) in [7, 11) is 0. The molecule has 3 rings (SSSR count). The van der Waals surface area contributed by atoms with E-state index in [1.54, 1.807) is 18.2 Å². The summed E-state index contributed by atoms with van der Waals surface area (Å²) in [6.07, 6.45) is 6.40. The molecule has 7 heteroatoms. The highest BCUT2D eigenvalue weighted by Crippen LogP contribution is 2.50. The van der Waals surface area contributed by atoms with Crippen LogP contribution in [-0.4, -0.2) is 16.7 Å². The first kappa shape index (κ1) is 16.8. The maximum absolute atomic E-state index is 14.0. The van der Waals surface area contributed by atoms with Gasteiger partial charge in [-0.05, 0) is 25.0 Å². The van der Waals surface area contributed by atoms with Gasteiger partial charge in [0, 0.05) is 17.8 Å². The van der Waals surface area contributed by atoms with E-state index in [9.17, 15) is 13.6 Å². The standard InChI is InChI=1S/C18H16F2N4O/c19-12-9-13(11-22-10-12)23-8-5-16(21)24-17(25)18(6-7-18)14-3-1-2-4-15(14)20/h1-5,8-11,23H,6-7H2,(H2,21,24,25)/b8-5-. The van der Waals surface area contributed by atoms with Gasteiger partial charge in [-0.1, -0.05) is 18.2 Å². The predicted molar refractivity (Wildman–Crippen MR) is 90.9 cm³/mol. The van der Waals surface area contributed by atoms with Crippen molar-refractivity contribution in [2.75, 3.05) is 5.32 Å². The average molecular weight is 342 g/mol. The van der Waals surface area contributed by atoms with Crippen LogP contribution in [0.5, 0.6) is 0 Å². The average Bonchev–Trinajstić information content (AvgIpc) is 3.37. The molecule has 25 heavy (non-hydrogen) atoms. The van der Waals surface area contributed by atoms with Crippen molar-refractivity contribution >= 4 is 17.4 Å². The molecule has 0 aliphatic heterocycles. The lowest BCUT2D eigenvalue weighted by Gasteiger charge is -2.12. The first-order valence-electron chi connectivity index (χ1n) is 7.68. The molecule has 1 aromatic heterocycles. The van der Waals surface area contributed by atoms with E-state index >= 15 is 0 Å². The molecule has 0 spiro atoms. The highest BCUT2D eigenvalue weighted by atomic mass is 19.1. The number of anilines is 1. The molecule has 1 aliphatic rings. The fourth-order valence-electron chi connectivity index (χ4n) is 2.55. The van der Waals surface area contributed by atoms with Crippen LogP contribution >= 0.6 is 0 Å². The Morgan fingerprint density at radius 1 is 1.28 bits per heavy atom. The molecule has 0 radical (unpaired) electrons. The molecule has 1 aliphatic carbocycles. The number of nitrogens with zero attached hydrogens (tertiary/aromatic N) is 2. The molecule has 128 valence electrons. The normalized spacial score (nSPS) is 16.0. The summed E-state index contributed by atoms with van der Waals surface area (Å²) >= 11 is 0. The van der Waals surface area contributed by atoms with Gasteiger partial charge in [0.05, 0.1) is 23.5 Å². The van der Waals surface area contributed by atoms with Gasteiger partial charge in [0.25, 0.3) is 5.91 Å². The first-order valence-corrected chi connectivity index (χ1v) is 7.68. The number of nitrogens with one attached hydrogen (secondary N) is 1. The van der Waals surface area contributed by atoms with Crippen molar-refractivity contribution in [2.45, 2.75) is 18.3 Å². The number of carbonyl (C=O) groups is 1. The maximum atomic E-state index is 14.0. The summed E-state index contributed by atoms with van der Waals surface area (Å²) in [6, 6.07) is 7.45. The highest BCUT2D eigenvalue weighted by Gasteiger charge is 2.52. The lowest BCUT2D eigenvalue weighted by Crippen LogP contribution is -2.23. The molecule has 1 heterocycles. The zero-order chi connectivity index (χ0) is 17.9. The van der Waals surface area contributed by atoms with Gasteiger partial charge in [0.15, 0.2) is 0 Å². The number of nitrogens with two attached hydrogens (primary N) is 1. The number of rotatable bonds is 5. The van der Waals surface area contributed by atoms with E-state index in [0.29, 0.717) is 24.1 Å². The molecule has 0 atom stereocenters.